The molecular weight excluding hydrogens is 240 g/mol. The van der Waals surface area contributed by atoms with E-state index >= 15 is 0 Å². The molecule has 0 atom stereocenters. The quantitative estimate of drug-likeness (QED) is 0.839. The van der Waals surface area contributed by atoms with Crippen LogP contribution in [0, 0.1) is 6.92 Å². The summed E-state index contributed by atoms with van der Waals surface area (Å²) in [5, 5.41) is 3.20. The van der Waals surface area contributed by atoms with Crippen LogP contribution in [0.2, 0.25) is 0 Å². The second-order valence-electron chi connectivity index (χ2n) is 5.40. The lowest BCUT2D eigenvalue weighted by Gasteiger charge is -2.42. The van der Waals surface area contributed by atoms with Gasteiger partial charge >= 0.3 is 0 Å². The van der Waals surface area contributed by atoms with Crippen LogP contribution in [0.25, 0.3) is 11.1 Å². The Hall–Kier alpha value is -1.39. The number of hydrogen-bond donors (Lipinski definition) is 1. The molecule has 1 aromatic heterocycles. The van der Waals surface area contributed by atoms with E-state index in [1.807, 2.05) is 20.0 Å². The third-order valence-corrected chi connectivity index (χ3v) is 3.95. The van der Waals surface area contributed by atoms with Crippen molar-refractivity contribution in [3.05, 3.63) is 29.7 Å². The summed E-state index contributed by atoms with van der Waals surface area (Å²) in [4.78, 5) is 4.42. The van der Waals surface area contributed by atoms with Crippen molar-refractivity contribution >= 4 is 11.1 Å². The summed E-state index contributed by atoms with van der Waals surface area (Å²) >= 11 is 0. The van der Waals surface area contributed by atoms with Gasteiger partial charge < -0.3 is 14.5 Å². The fraction of sp³-hybridized carbons (Fsp3) is 0.533. The number of rotatable bonds is 5. The fourth-order valence-corrected chi connectivity index (χ4v) is 2.78. The molecular formula is C15H20N2O2. The molecule has 1 saturated heterocycles. The lowest BCUT2D eigenvalue weighted by molar-refractivity contribution is -0.0650. The van der Waals surface area contributed by atoms with E-state index in [4.69, 9.17) is 9.15 Å². The topological polar surface area (TPSA) is 47.3 Å². The molecule has 0 radical (unpaired) electrons. The first-order valence-corrected chi connectivity index (χ1v) is 6.84. The predicted octanol–water partition coefficient (Wildman–Crippen LogP) is 2.40. The number of aryl methyl sites for hydroxylation is 1. The third kappa shape index (κ3) is 2.26. The maximum absolute atomic E-state index is 5.53. The highest BCUT2D eigenvalue weighted by Crippen LogP contribution is 2.37. The molecule has 3 rings (SSSR count). The Morgan fingerprint density at radius 1 is 1.37 bits per heavy atom. The Bertz CT molecular complexity index is 573. The number of hydrogen-bond acceptors (Lipinski definition) is 4. The summed E-state index contributed by atoms with van der Waals surface area (Å²) in [6, 6.07) is 6.35. The second kappa shape index (κ2) is 4.94. The minimum Gasteiger partial charge on any atom is -0.441 e. The van der Waals surface area contributed by atoms with E-state index in [1.54, 1.807) is 0 Å². The van der Waals surface area contributed by atoms with Crippen LogP contribution in [0.1, 0.15) is 24.3 Å². The SMILES string of the molecule is CNCCCC1(c2ccc3oc(C)nc3c2)COC1. The van der Waals surface area contributed by atoms with Crippen molar-refractivity contribution < 1.29 is 9.15 Å². The average Bonchev–Trinajstić information content (AvgIpc) is 2.71. The molecule has 102 valence electrons. The number of nitrogens with one attached hydrogen (secondary N) is 1. The number of fused-ring (bicyclic) bond motifs is 1. The molecule has 0 spiro atoms. The van der Waals surface area contributed by atoms with E-state index in [1.165, 1.54) is 5.56 Å². The number of nitrogens with zero attached hydrogens (tertiary/aromatic N) is 1. The van der Waals surface area contributed by atoms with Crippen molar-refractivity contribution in [3.63, 3.8) is 0 Å². The predicted molar refractivity (Wildman–Crippen MR) is 74.4 cm³/mol. The van der Waals surface area contributed by atoms with Crippen LogP contribution in [0.5, 0.6) is 0 Å². The second-order valence-corrected chi connectivity index (χ2v) is 5.40. The van der Waals surface area contributed by atoms with Crippen molar-refractivity contribution in [1.82, 2.24) is 10.3 Å². The Labute approximate surface area is 113 Å². The zero-order chi connectivity index (χ0) is 13.3. The van der Waals surface area contributed by atoms with Crippen LogP contribution in [-0.2, 0) is 10.2 Å². The summed E-state index contributed by atoms with van der Waals surface area (Å²) < 4.78 is 11.0. The Morgan fingerprint density at radius 2 is 2.21 bits per heavy atom. The molecule has 4 heteroatoms. The van der Waals surface area contributed by atoms with Crippen LogP contribution < -0.4 is 5.32 Å². The maximum atomic E-state index is 5.53. The summed E-state index contributed by atoms with van der Waals surface area (Å²) in [7, 11) is 1.99. The van der Waals surface area contributed by atoms with E-state index in [0.717, 1.165) is 49.6 Å². The number of aromatic nitrogens is 1. The molecule has 2 aromatic rings. The Kier molecular flexibility index (Phi) is 3.29. The van der Waals surface area contributed by atoms with E-state index in [0.29, 0.717) is 0 Å². The normalized spacial score (nSPS) is 17.6. The van der Waals surface area contributed by atoms with Crippen molar-refractivity contribution in [2.45, 2.75) is 25.2 Å². The molecule has 1 aromatic carbocycles. The van der Waals surface area contributed by atoms with Crippen molar-refractivity contribution in [2.75, 3.05) is 26.8 Å². The summed E-state index contributed by atoms with van der Waals surface area (Å²) in [6.45, 7) is 4.57. The van der Waals surface area contributed by atoms with Gasteiger partial charge in [0, 0.05) is 12.3 Å². The molecule has 0 amide bonds. The standard InChI is InChI=1S/C15H20N2O2/c1-11-17-13-8-12(4-5-14(13)19-11)15(9-18-10-15)6-3-7-16-2/h4-5,8,16H,3,6-7,9-10H2,1-2H3. The first kappa shape index (κ1) is 12.6. The molecule has 1 aliphatic heterocycles. The monoisotopic (exact) mass is 260 g/mol. The van der Waals surface area contributed by atoms with Gasteiger partial charge in [0.2, 0.25) is 0 Å². The Morgan fingerprint density at radius 3 is 2.89 bits per heavy atom. The van der Waals surface area contributed by atoms with Gasteiger partial charge in [0.05, 0.1) is 13.2 Å². The zero-order valence-electron chi connectivity index (χ0n) is 11.5. The van der Waals surface area contributed by atoms with E-state index in [9.17, 15) is 0 Å². The van der Waals surface area contributed by atoms with Gasteiger partial charge in [-0.15, -0.1) is 0 Å². The number of oxazole rings is 1. The maximum Gasteiger partial charge on any atom is 0.192 e. The smallest absolute Gasteiger partial charge is 0.192 e. The molecule has 19 heavy (non-hydrogen) atoms. The van der Waals surface area contributed by atoms with E-state index in [-0.39, 0.29) is 5.41 Å². The fourth-order valence-electron chi connectivity index (χ4n) is 2.78. The minimum atomic E-state index is 0.178. The van der Waals surface area contributed by atoms with E-state index in [2.05, 4.69) is 22.4 Å². The van der Waals surface area contributed by atoms with Gasteiger partial charge in [-0.3, -0.25) is 0 Å². The lowest BCUT2D eigenvalue weighted by atomic mass is 9.75. The van der Waals surface area contributed by atoms with Gasteiger partial charge in [-0.25, -0.2) is 4.98 Å². The molecule has 0 bridgehead atoms. The van der Waals surface area contributed by atoms with Gasteiger partial charge in [0.15, 0.2) is 11.5 Å². The van der Waals surface area contributed by atoms with Crippen LogP contribution in [0.15, 0.2) is 22.6 Å². The zero-order valence-corrected chi connectivity index (χ0v) is 11.5. The molecule has 0 saturated carbocycles. The van der Waals surface area contributed by atoms with Crippen molar-refractivity contribution in [3.8, 4) is 0 Å². The van der Waals surface area contributed by atoms with Crippen LogP contribution >= 0.6 is 0 Å². The van der Waals surface area contributed by atoms with Crippen LogP contribution in [0.3, 0.4) is 0 Å². The summed E-state index contributed by atoms with van der Waals surface area (Å²) in [5.74, 6) is 0.723. The third-order valence-electron chi connectivity index (χ3n) is 3.95. The molecule has 0 aliphatic carbocycles. The van der Waals surface area contributed by atoms with Gasteiger partial charge in [-0.1, -0.05) is 6.07 Å². The minimum absolute atomic E-state index is 0.178. The van der Waals surface area contributed by atoms with Crippen LogP contribution in [0.4, 0.5) is 0 Å². The summed E-state index contributed by atoms with van der Waals surface area (Å²) in [6.07, 6.45) is 2.31. The first-order valence-electron chi connectivity index (χ1n) is 6.84. The van der Waals surface area contributed by atoms with Gasteiger partial charge in [-0.2, -0.15) is 0 Å². The van der Waals surface area contributed by atoms with Crippen molar-refractivity contribution in [2.24, 2.45) is 0 Å². The molecule has 1 fully saturated rings. The lowest BCUT2D eigenvalue weighted by Crippen LogP contribution is -2.47. The van der Waals surface area contributed by atoms with Crippen molar-refractivity contribution in [1.29, 1.82) is 0 Å². The highest BCUT2D eigenvalue weighted by molar-refractivity contribution is 5.74. The van der Waals surface area contributed by atoms with Gasteiger partial charge in [0.25, 0.3) is 0 Å². The largest absolute Gasteiger partial charge is 0.441 e. The average molecular weight is 260 g/mol. The summed E-state index contributed by atoms with van der Waals surface area (Å²) in [5.41, 5.74) is 3.33. The van der Waals surface area contributed by atoms with Crippen LogP contribution in [-0.4, -0.2) is 31.8 Å². The molecule has 2 heterocycles. The molecule has 0 unspecified atom stereocenters. The highest BCUT2D eigenvalue weighted by Gasteiger charge is 2.39. The molecule has 1 aliphatic rings. The van der Waals surface area contributed by atoms with Gasteiger partial charge in [-0.05, 0) is 44.1 Å². The molecule has 4 nitrogen and oxygen atoms in total. The first-order chi connectivity index (χ1) is 9.23. The number of ether oxygens (including phenoxy) is 1. The highest BCUT2D eigenvalue weighted by atomic mass is 16.5. The van der Waals surface area contributed by atoms with E-state index < -0.39 is 0 Å². The van der Waals surface area contributed by atoms with Gasteiger partial charge in [0.1, 0.15) is 5.52 Å². The molecule has 1 N–H and O–H groups in total. The number of benzene rings is 1. The Balaban J connectivity index is 1.87.